The zero-order chi connectivity index (χ0) is 25.9. The highest BCUT2D eigenvalue weighted by atomic mass is 16.4. The summed E-state index contributed by atoms with van der Waals surface area (Å²) < 4.78 is 0. The first-order valence-electron chi connectivity index (χ1n) is 11.4. The Balaban J connectivity index is 0.000000896. The molecule has 0 saturated carbocycles. The molecule has 0 saturated heterocycles. The summed E-state index contributed by atoms with van der Waals surface area (Å²) in [6.07, 6.45) is 3.67. The number of carbonyl (C=O) groups excluding carboxylic acids is 2. The predicted octanol–water partition coefficient (Wildman–Crippen LogP) is -0.0405. The molecule has 1 aromatic rings. The summed E-state index contributed by atoms with van der Waals surface area (Å²) in [6, 6.07) is 6.55. The lowest BCUT2D eigenvalue weighted by Gasteiger charge is -2.20. The number of nitrogens with two attached hydrogens (primary N) is 3. The highest BCUT2D eigenvalue weighted by molar-refractivity contribution is 5.91. The summed E-state index contributed by atoms with van der Waals surface area (Å²) in [4.78, 5) is 45.3. The normalized spacial score (nSPS) is 12.9. The molecule has 0 unspecified atom stereocenters. The first-order chi connectivity index (χ1) is 16.1. The van der Waals surface area contributed by atoms with Gasteiger partial charge in [-0.2, -0.15) is 0 Å². The summed E-state index contributed by atoms with van der Waals surface area (Å²) >= 11 is 0. The number of nitrogens with one attached hydrogen (secondary N) is 2. The molecule has 11 heteroatoms. The van der Waals surface area contributed by atoms with Crippen LogP contribution in [0, 0.1) is 0 Å². The van der Waals surface area contributed by atoms with Gasteiger partial charge in [0.2, 0.25) is 11.8 Å². The summed E-state index contributed by atoms with van der Waals surface area (Å²) in [5.41, 5.74) is 17.3. The Morgan fingerprint density at radius 2 is 1.41 bits per heavy atom. The van der Waals surface area contributed by atoms with Crippen molar-refractivity contribution in [2.24, 2.45) is 17.2 Å². The van der Waals surface area contributed by atoms with E-state index in [4.69, 9.17) is 27.4 Å². The lowest BCUT2D eigenvalue weighted by molar-refractivity contribution is -0.142. The van der Waals surface area contributed by atoms with Gasteiger partial charge in [0.25, 0.3) is 0 Å². The van der Waals surface area contributed by atoms with Crippen LogP contribution < -0.4 is 27.8 Å². The van der Waals surface area contributed by atoms with Crippen LogP contribution in [-0.4, -0.2) is 65.2 Å². The average molecular weight is 482 g/mol. The number of carboxylic acid groups (broad SMARTS) is 2. The Labute approximate surface area is 200 Å². The number of benzene rings is 1. The second-order valence-electron chi connectivity index (χ2n) is 7.86. The average Bonchev–Trinajstić information content (AvgIpc) is 2.79. The molecule has 2 amide bonds. The van der Waals surface area contributed by atoms with E-state index in [2.05, 4.69) is 10.6 Å². The second kappa shape index (κ2) is 18.4. The highest BCUT2D eigenvalue weighted by Crippen LogP contribution is 2.02. The summed E-state index contributed by atoms with van der Waals surface area (Å²) in [6.45, 7) is 2.49. The van der Waals surface area contributed by atoms with Gasteiger partial charge < -0.3 is 38.0 Å². The fourth-order valence-corrected chi connectivity index (χ4v) is 2.84. The van der Waals surface area contributed by atoms with Crippen molar-refractivity contribution < 1.29 is 29.4 Å². The molecular formula is C23H39N5O6. The van der Waals surface area contributed by atoms with Crippen molar-refractivity contribution in [1.82, 2.24) is 10.6 Å². The first-order valence-corrected chi connectivity index (χ1v) is 11.4. The van der Waals surface area contributed by atoms with Gasteiger partial charge >= 0.3 is 11.9 Å². The molecule has 3 atom stereocenters. The third-order valence-electron chi connectivity index (χ3n) is 4.82. The van der Waals surface area contributed by atoms with Crippen LogP contribution in [0.15, 0.2) is 30.3 Å². The van der Waals surface area contributed by atoms with Crippen LogP contribution >= 0.6 is 0 Å². The fraction of sp³-hybridized carbons (Fsp3) is 0.565. The first kappa shape index (κ1) is 31.0. The standard InChI is InChI=1S/C15H31N5O4.C8H8O2/c1-10(19-14(22)11(18)6-2-4-8-16)13(21)20-12(15(23)24)7-3-5-9-17;9-8(10)6-7-4-2-1-3-5-7/h10-12H,2-9,16-18H2,1H3,(H,19,22)(H,20,21)(H,23,24);1-5H,6H2,(H,9,10)/t10-,11-,12-;/m0./s1. The maximum absolute atomic E-state index is 12.0. The van der Waals surface area contributed by atoms with Gasteiger partial charge in [-0.1, -0.05) is 36.8 Å². The number of carbonyl (C=O) groups is 4. The van der Waals surface area contributed by atoms with Crippen LogP contribution in [0.4, 0.5) is 0 Å². The van der Waals surface area contributed by atoms with Crippen molar-refractivity contribution >= 4 is 23.8 Å². The molecule has 0 heterocycles. The summed E-state index contributed by atoms with van der Waals surface area (Å²) in [5.74, 6) is -2.90. The van der Waals surface area contributed by atoms with E-state index in [1.54, 1.807) is 12.1 Å². The smallest absolute Gasteiger partial charge is 0.326 e. The number of carboxylic acids is 2. The van der Waals surface area contributed by atoms with Gasteiger partial charge in [-0.15, -0.1) is 0 Å². The van der Waals surface area contributed by atoms with E-state index in [0.29, 0.717) is 32.4 Å². The van der Waals surface area contributed by atoms with Gasteiger partial charge in [-0.3, -0.25) is 14.4 Å². The van der Waals surface area contributed by atoms with Crippen LogP contribution in [0.25, 0.3) is 0 Å². The Kier molecular flexibility index (Phi) is 16.8. The molecule has 1 aromatic carbocycles. The molecule has 0 aliphatic heterocycles. The van der Waals surface area contributed by atoms with E-state index in [1.807, 2.05) is 18.2 Å². The number of hydrogen-bond donors (Lipinski definition) is 7. The van der Waals surface area contributed by atoms with Gasteiger partial charge in [0.15, 0.2) is 0 Å². The molecule has 192 valence electrons. The van der Waals surface area contributed by atoms with Crippen LogP contribution in [0.1, 0.15) is 51.0 Å². The molecule has 10 N–H and O–H groups in total. The quantitative estimate of drug-likeness (QED) is 0.167. The lowest BCUT2D eigenvalue weighted by Crippen LogP contribution is -2.53. The molecule has 0 aliphatic carbocycles. The number of amides is 2. The van der Waals surface area contributed by atoms with Crippen LogP contribution in [0.2, 0.25) is 0 Å². The van der Waals surface area contributed by atoms with E-state index in [0.717, 1.165) is 18.4 Å². The topological polar surface area (TPSA) is 211 Å². The van der Waals surface area contributed by atoms with Gasteiger partial charge in [-0.05, 0) is 57.7 Å². The van der Waals surface area contributed by atoms with Gasteiger partial charge in [0, 0.05) is 0 Å². The molecule has 0 fully saturated rings. The lowest BCUT2D eigenvalue weighted by atomic mass is 10.1. The Morgan fingerprint density at radius 3 is 1.91 bits per heavy atom. The van der Waals surface area contributed by atoms with Crippen molar-refractivity contribution in [3.05, 3.63) is 35.9 Å². The summed E-state index contributed by atoms with van der Waals surface area (Å²) in [5, 5.41) is 22.4. The molecule has 0 spiro atoms. The molecule has 0 aromatic heterocycles. The minimum atomic E-state index is -1.11. The van der Waals surface area contributed by atoms with Crippen molar-refractivity contribution in [3.63, 3.8) is 0 Å². The maximum atomic E-state index is 12.0. The molecule has 0 aliphatic rings. The monoisotopic (exact) mass is 481 g/mol. The van der Waals surface area contributed by atoms with Crippen LogP contribution in [-0.2, 0) is 25.6 Å². The molecule has 34 heavy (non-hydrogen) atoms. The van der Waals surface area contributed by atoms with Crippen molar-refractivity contribution in [1.29, 1.82) is 0 Å². The van der Waals surface area contributed by atoms with Crippen LogP contribution in [0.5, 0.6) is 0 Å². The number of hydrogen-bond acceptors (Lipinski definition) is 7. The number of aliphatic carboxylic acids is 2. The Hall–Kier alpha value is -3.02. The Morgan fingerprint density at radius 1 is 0.853 bits per heavy atom. The zero-order valence-electron chi connectivity index (χ0n) is 19.7. The van der Waals surface area contributed by atoms with E-state index in [-0.39, 0.29) is 12.8 Å². The fourth-order valence-electron chi connectivity index (χ4n) is 2.84. The SMILES string of the molecule is C[C@H](NC(=O)[C@@H](N)CCCCN)C(=O)N[C@@H](CCCCN)C(=O)O.O=C(O)Cc1ccccc1. The molecule has 11 nitrogen and oxygen atoms in total. The third kappa shape index (κ3) is 14.9. The molecule has 1 rings (SSSR count). The zero-order valence-corrected chi connectivity index (χ0v) is 19.7. The van der Waals surface area contributed by atoms with Crippen molar-refractivity contribution in [2.75, 3.05) is 13.1 Å². The minimum absolute atomic E-state index is 0.112. The van der Waals surface area contributed by atoms with Crippen molar-refractivity contribution in [3.8, 4) is 0 Å². The van der Waals surface area contributed by atoms with E-state index in [9.17, 15) is 19.2 Å². The predicted molar refractivity (Wildman–Crippen MR) is 129 cm³/mol. The van der Waals surface area contributed by atoms with E-state index in [1.165, 1.54) is 6.92 Å². The van der Waals surface area contributed by atoms with Gasteiger partial charge in [0.1, 0.15) is 12.1 Å². The molecule has 0 bridgehead atoms. The number of unbranched alkanes of at least 4 members (excludes halogenated alkanes) is 2. The van der Waals surface area contributed by atoms with Gasteiger partial charge in [-0.25, -0.2) is 4.79 Å². The molecular weight excluding hydrogens is 442 g/mol. The molecule has 0 radical (unpaired) electrons. The minimum Gasteiger partial charge on any atom is -0.481 e. The maximum Gasteiger partial charge on any atom is 0.326 e. The van der Waals surface area contributed by atoms with Crippen molar-refractivity contribution in [2.45, 2.75) is 70.0 Å². The van der Waals surface area contributed by atoms with E-state index >= 15 is 0 Å². The number of rotatable bonds is 15. The largest absolute Gasteiger partial charge is 0.481 e. The van der Waals surface area contributed by atoms with Gasteiger partial charge in [0.05, 0.1) is 12.5 Å². The second-order valence-corrected chi connectivity index (χ2v) is 7.86. The van der Waals surface area contributed by atoms with E-state index < -0.39 is 41.9 Å². The van der Waals surface area contributed by atoms with Crippen LogP contribution in [0.3, 0.4) is 0 Å². The summed E-state index contributed by atoms with van der Waals surface area (Å²) in [7, 11) is 0. The third-order valence-corrected chi connectivity index (χ3v) is 4.82. The highest BCUT2D eigenvalue weighted by Gasteiger charge is 2.24. The Bertz CT molecular complexity index is 747.